The summed E-state index contributed by atoms with van der Waals surface area (Å²) in [6.45, 7) is 2.37. The predicted molar refractivity (Wildman–Crippen MR) is 96.8 cm³/mol. The van der Waals surface area contributed by atoms with E-state index in [0.717, 1.165) is 11.6 Å². The Morgan fingerprint density at radius 3 is 2.52 bits per heavy atom. The summed E-state index contributed by atoms with van der Waals surface area (Å²) in [7, 11) is -3.92. The highest BCUT2D eigenvalue weighted by molar-refractivity contribution is 7.89. The smallest absolute Gasteiger partial charge is 0.246 e. The van der Waals surface area contributed by atoms with Crippen molar-refractivity contribution in [2.45, 2.75) is 17.7 Å². The van der Waals surface area contributed by atoms with Crippen molar-refractivity contribution in [1.82, 2.24) is 14.4 Å². The Morgan fingerprint density at radius 2 is 1.78 bits per heavy atom. The Hall–Kier alpha value is -2.58. The van der Waals surface area contributed by atoms with Crippen molar-refractivity contribution in [3.63, 3.8) is 0 Å². The monoisotopic (exact) mass is 387 g/mol. The van der Waals surface area contributed by atoms with Crippen LogP contribution in [-0.4, -0.2) is 36.0 Å². The minimum atomic E-state index is -3.92. The van der Waals surface area contributed by atoms with Crippen molar-refractivity contribution in [3.8, 4) is 11.4 Å². The van der Waals surface area contributed by atoms with E-state index in [2.05, 4.69) is 10.1 Å². The molecule has 8 heteroatoms. The largest absolute Gasteiger partial charge is 0.339 e. The van der Waals surface area contributed by atoms with E-state index in [1.54, 1.807) is 0 Å². The van der Waals surface area contributed by atoms with Crippen LogP contribution in [0.5, 0.6) is 0 Å². The minimum absolute atomic E-state index is 0.0318. The summed E-state index contributed by atoms with van der Waals surface area (Å²) in [5, 5.41) is 4.01. The van der Waals surface area contributed by atoms with Crippen LogP contribution in [0, 0.1) is 11.7 Å². The number of halogens is 1. The number of nitrogens with zero attached hydrogens (tertiary/aromatic N) is 3. The van der Waals surface area contributed by atoms with Gasteiger partial charge in [0.25, 0.3) is 0 Å². The van der Waals surface area contributed by atoms with Gasteiger partial charge in [0.05, 0.1) is 5.92 Å². The van der Waals surface area contributed by atoms with E-state index in [0.29, 0.717) is 11.7 Å². The van der Waals surface area contributed by atoms with Gasteiger partial charge in [-0.15, -0.1) is 0 Å². The molecule has 6 nitrogen and oxygen atoms in total. The zero-order chi connectivity index (χ0) is 19.0. The second-order valence-corrected chi connectivity index (χ2v) is 8.56. The third kappa shape index (κ3) is 3.26. The lowest BCUT2D eigenvalue weighted by molar-refractivity contribution is 0.338. The molecule has 4 rings (SSSR count). The number of hydrogen-bond donors (Lipinski definition) is 0. The third-order valence-electron chi connectivity index (χ3n) is 4.82. The van der Waals surface area contributed by atoms with Crippen LogP contribution in [-0.2, 0) is 10.0 Å². The van der Waals surface area contributed by atoms with E-state index >= 15 is 0 Å². The lowest BCUT2D eigenvalue weighted by Crippen LogP contribution is -2.29. The second-order valence-electron chi connectivity index (χ2n) is 6.66. The Bertz CT molecular complexity index is 1050. The standard InChI is InChI=1S/C19H18FN3O3S/c1-13-11-23(27(24,25)17-10-6-5-9-16(17)20)12-15(13)19-21-18(22-26-19)14-7-3-2-4-8-14/h2-10,13,15H,11-12H2,1H3/t13-,15-/m0/s1. The molecule has 2 heterocycles. The van der Waals surface area contributed by atoms with Crippen molar-refractivity contribution in [3.05, 3.63) is 66.3 Å². The van der Waals surface area contributed by atoms with Gasteiger partial charge in [0.15, 0.2) is 0 Å². The highest BCUT2D eigenvalue weighted by Gasteiger charge is 2.41. The number of rotatable bonds is 4. The SMILES string of the molecule is C[C@H]1CN(S(=O)(=O)c2ccccc2F)C[C@@H]1c1nc(-c2ccccc2)no1. The van der Waals surface area contributed by atoms with Crippen molar-refractivity contribution in [2.75, 3.05) is 13.1 Å². The average Bonchev–Trinajstić information content (AvgIpc) is 3.29. The molecule has 0 spiro atoms. The lowest BCUT2D eigenvalue weighted by atomic mass is 9.98. The van der Waals surface area contributed by atoms with Gasteiger partial charge in [0, 0.05) is 18.7 Å². The fourth-order valence-electron chi connectivity index (χ4n) is 3.32. The molecule has 1 aliphatic rings. The Morgan fingerprint density at radius 1 is 1.07 bits per heavy atom. The van der Waals surface area contributed by atoms with E-state index in [1.807, 2.05) is 37.3 Å². The van der Waals surface area contributed by atoms with Gasteiger partial charge < -0.3 is 4.52 Å². The topological polar surface area (TPSA) is 76.3 Å². The molecule has 2 aromatic carbocycles. The van der Waals surface area contributed by atoms with Gasteiger partial charge in [-0.05, 0) is 18.1 Å². The molecule has 140 valence electrons. The molecule has 0 aliphatic carbocycles. The van der Waals surface area contributed by atoms with E-state index in [4.69, 9.17) is 4.52 Å². The minimum Gasteiger partial charge on any atom is -0.339 e. The molecule has 0 unspecified atom stereocenters. The van der Waals surface area contributed by atoms with E-state index in [1.165, 1.54) is 22.5 Å². The quantitative estimate of drug-likeness (QED) is 0.687. The summed E-state index contributed by atoms with van der Waals surface area (Å²) >= 11 is 0. The fourth-order valence-corrected chi connectivity index (χ4v) is 4.95. The van der Waals surface area contributed by atoms with Crippen molar-refractivity contribution < 1.29 is 17.3 Å². The zero-order valence-electron chi connectivity index (χ0n) is 14.6. The van der Waals surface area contributed by atoms with Gasteiger partial charge in [-0.3, -0.25) is 0 Å². The number of hydrogen-bond acceptors (Lipinski definition) is 5. The van der Waals surface area contributed by atoms with Gasteiger partial charge in [-0.2, -0.15) is 9.29 Å². The van der Waals surface area contributed by atoms with Crippen LogP contribution >= 0.6 is 0 Å². The number of benzene rings is 2. The molecule has 0 bridgehead atoms. The van der Waals surface area contributed by atoms with Crippen molar-refractivity contribution in [1.29, 1.82) is 0 Å². The first kappa shape index (κ1) is 17.8. The first-order valence-corrected chi connectivity index (χ1v) is 10.0. The zero-order valence-corrected chi connectivity index (χ0v) is 15.4. The molecular weight excluding hydrogens is 369 g/mol. The molecule has 2 atom stereocenters. The second kappa shape index (κ2) is 6.86. The number of aromatic nitrogens is 2. The van der Waals surface area contributed by atoms with Crippen LogP contribution in [0.25, 0.3) is 11.4 Å². The van der Waals surface area contributed by atoms with Gasteiger partial charge in [-0.25, -0.2) is 12.8 Å². The number of sulfonamides is 1. The maximum Gasteiger partial charge on any atom is 0.246 e. The summed E-state index contributed by atoms with van der Waals surface area (Å²) in [4.78, 5) is 4.13. The Balaban J connectivity index is 1.59. The summed E-state index contributed by atoms with van der Waals surface area (Å²) in [5.74, 6) is -0.161. The van der Waals surface area contributed by atoms with Crippen LogP contribution in [0.1, 0.15) is 18.7 Å². The molecule has 0 saturated carbocycles. The summed E-state index contributed by atoms with van der Waals surface area (Å²) < 4.78 is 46.3. The van der Waals surface area contributed by atoms with Gasteiger partial charge in [-0.1, -0.05) is 54.5 Å². The molecule has 0 radical (unpaired) electrons. The molecule has 1 saturated heterocycles. The van der Waals surface area contributed by atoms with Crippen LogP contribution in [0.3, 0.4) is 0 Å². The normalized spacial score (nSPS) is 20.8. The van der Waals surface area contributed by atoms with Crippen molar-refractivity contribution >= 4 is 10.0 Å². The van der Waals surface area contributed by atoms with Crippen molar-refractivity contribution in [2.24, 2.45) is 5.92 Å². The third-order valence-corrected chi connectivity index (χ3v) is 6.69. The summed E-state index contributed by atoms with van der Waals surface area (Å²) in [6.07, 6.45) is 0. The maximum atomic E-state index is 14.0. The predicted octanol–water partition coefficient (Wildman–Crippen LogP) is 3.30. The summed E-state index contributed by atoms with van der Waals surface area (Å²) in [5.41, 5.74) is 0.828. The fraction of sp³-hybridized carbons (Fsp3) is 0.263. The van der Waals surface area contributed by atoms with Crippen LogP contribution in [0.15, 0.2) is 64.0 Å². The van der Waals surface area contributed by atoms with E-state index in [-0.39, 0.29) is 29.8 Å². The first-order valence-electron chi connectivity index (χ1n) is 8.60. The Kier molecular flexibility index (Phi) is 4.53. The van der Waals surface area contributed by atoms with Crippen LogP contribution in [0.4, 0.5) is 4.39 Å². The molecule has 0 amide bonds. The van der Waals surface area contributed by atoms with Crippen LogP contribution in [0.2, 0.25) is 0 Å². The van der Waals surface area contributed by atoms with Gasteiger partial charge in [0.1, 0.15) is 10.7 Å². The lowest BCUT2D eigenvalue weighted by Gasteiger charge is -2.16. The molecule has 27 heavy (non-hydrogen) atoms. The maximum absolute atomic E-state index is 14.0. The van der Waals surface area contributed by atoms with Gasteiger partial charge >= 0.3 is 0 Å². The highest BCUT2D eigenvalue weighted by Crippen LogP contribution is 2.35. The summed E-state index contributed by atoms with van der Waals surface area (Å²) in [6, 6.07) is 14.8. The molecule has 0 N–H and O–H groups in total. The van der Waals surface area contributed by atoms with Gasteiger partial charge in [0.2, 0.25) is 21.7 Å². The molecule has 1 fully saturated rings. The molecule has 3 aromatic rings. The van der Waals surface area contributed by atoms with E-state index in [9.17, 15) is 12.8 Å². The van der Waals surface area contributed by atoms with E-state index < -0.39 is 15.8 Å². The highest BCUT2D eigenvalue weighted by atomic mass is 32.2. The van der Waals surface area contributed by atoms with Crippen LogP contribution < -0.4 is 0 Å². The molecule has 1 aromatic heterocycles. The first-order chi connectivity index (χ1) is 13.0. The Labute approximate surface area is 156 Å². The average molecular weight is 387 g/mol. The molecular formula is C19H18FN3O3S. The molecule has 1 aliphatic heterocycles.